The quantitative estimate of drug-likeness (QED) is 0.788. The number of nitrogens with two attached hydrogens (primary N) is 1. The third kappa shape index (κ3) is 3.57. The Kier molecular flexibility index (Phi) is 5.53. The molecule has 0 radical (unpaired) electrons. The summed E-state index contributed by atoms with van der Waals surface area (Å²) in [5.41, 5.74) is 7.24. The molecular weight excluding hydrogens is 248 g/mol. The van der Waals surface area contributed by atoms with E-state index in [4.69, 9.17) is 10.5 Å². The number of nitrogens with zero attached hydrogens (tertiary/aromatic N) is 1. The normalized spacial score (nSPS) is 13.0. The Morgan fingerprint density at radius 1 is 1.15 bits per heavy atom. The van der Waals surface area contributed by atoms with Crippen molar-refractivity contribution < 1.29 is 4.74 Å². The molecule has 3 heteroatoms. The van der Waals surface area contributed by atoms with E-state index in [1.54, 1.807) is 0 Å². The van der Waals surface area contributed by atoms with Crippen molar-refractivity contribution in [2.45, 2.75) is 13.0 Å². The third-order valence-electron chi connectivity index (χ3n) is 3.71. The minimum absolute atomic E-state index is 0.236. The smallest absolute Gasteiger partial charge is 0.0593 e. The van der Waals surface area contributed by atoms with E-state index in [1.165, 1.54) is 16.3 Å². The number of rotatable bonds is 7. The Morgan fingerprint density at radius 3 is 2.60 bits per heavy atom. The van der Waals surface area contributed by atoms with E-state index >= 15 is 0 Å². The van der Waals surface area contributed by atoms with E-state index in [-0.39, 0.29) is 6.04 Å². The average Bonchev–Trinajstić information content (AvgIpc) is 2.48. The molecule has 2 N–H and O–H groups in total. The fourth-order valence-electron chi connectivity index (χ4n) is 2.49. The molecule has 20 heavy (non-hydrogen) atoms. The summed E-state index contributed by atoms with van der Waals surface area (Å²) in [5.74, 6) is 0. The van der Waals surface area contributed by atoms with E-state index in [0.29, 0.717) is 6.54 Å². The van der Waals surface area contributed by atoms with Gasteiger partial charge in [0.05, 0.1) is 6.61 Å². The van der Waals surface area contributed by atoms with Crippen LogP contribution in [0.2, 0.25) is 0 Å². The Hall–Kier alpha value is -1.42. The average molecular weight is 272 g/mol. The summed E-state index contributed by atoms with van der Waals surface area (Å²) in [4.78, 5) is 2.26. The molecule has 1 atom stereocenters. The first-order valence-corrected chi connectivity index (χ1v) is 7.23. The summed E-state index contributed by atoms with van der Waals surface area (Å²) in [5, 5.41) is 2.53. The lowest BCUT2D eigenvalue weighted by molar-refractivity contribution is 0.108. The van der Waals surface area contributed by atoms with Crippen LogP contribution < -0.4 is 5.73 Å². The summed E-state index contributed by atoms with van der Waals surface area (Å²) in [7, 11) is 2.10. The molecule has 108 valence electrons. The molecule has 0 spiro atoms. The standard InChI is InChI=1S/C17H24N2O/c1-3-20-11-10-19(2)17(13-18)16-9-8-14-6-4-5-7-15(14)12-16/h4-9,12,17H,3,10-11,13,18H2,1-2H3. The summed E-state index contributed by atoms with van der Waals surface area (Å²) in [6.45, 7) is 5.03. The minimum Gasteiger partial charge on any atom is -0.380 e. The van der Waals surface area contributed by atoms with E-state index in [0.717, 1.165) is 19.8 Å². The van der Waals surface area contributed by atoms with E-state index in [1.807, 2.05) is 6.92 Å². The highest BCUT2D eigenvalue weighted by molar-refractivity contribution is 5.83. The van der Waals surface area contributed by atoms with Crippen molar-refractivity contribution >= 4 is 10.8 Å². The van der Waals surface area contributed by atoms with Crippen molar-refractivity contribution in [3.8, 4) is 0 Å². The second kappa shape index (κ2) is 7.39. The van der Waals surface area contributed by atoms with Crippen LogP contribution in [-0.2, 0) is 4.74 Å². The van der Waals surface area contributed by atoms with Crippen molar-refractivity contribution in [3.63, 3.8) is 0 Å². The van der Waals surface area contributed by atoms with Crippen LogP contribution in [0.4, 0.5) is 0 Å². The Balaban J connectivity index is 2.16. The predicted molar refractivity (Wildman–Crippen MR) is 84.9 cm³/mol. The first-order valence-electron chi connectivity index (χ1n) is 7.23. The molecule has 0 fully saturated rings. The molecule has 0 aliphatic heterocycles. The molecule has 1 unspecified atom stereocenters. The van der Waals surface area contributed by atoms with Gasteiger partial charge in [0.25, 0.3) is 0 Å². The molecular formula is C17H24N2O. The summed E-state index contributed by atoms with van der Waals surface area (Å²) >= 11 is 0. The van der Waals surface area contributed by atoms with Gasteiger partial charge in [-0.1, -0.05) is 36.4 Å². The molecule has 0 amide bonds. The zero-order valence-electron chi connectivity index (χ0n) is 12.4. The highest BCUT2D eigenvalue weighted by Crippen LogP contribution is 2.23. The zero-order valence-corrected chi connectivity index (χ0v) is 12.4. The van der Waals surface area contributed by atoms with Gasteiger partial charge in [0, 0.05) is 25.7 Å². The molecule has 0 aliphatic rings. The van der Waals surface area contributed by atoms with Gasteiger partial charge in [0.15, 0.2) is 0 Å². The fourth-order valence-corrected chi connectivity index (χ4v) is 2.49. The largest absolute Gasteiger partial charge is 0.380 e. The van der Waals surface area contributed by atoms with Gasteiger partial charge in [-0.3, -0.25) is 4.90 Å². The van der Waals surface area contributed by atoms with Crippen LogP contribution >= 0.6 is 0 Å². The molecule has 3 nitrogen and oxygen atoms in total. The van der Waals surface area contributed by atoms with E-state index in [2.05, 4.69) is 54.4 Å². The number of fused-ring (bicyclic) bond motifs is 1. The lowest BCUT2D eigenvalue weighted by Gasteiger charge is -2.27. The maximum absolute atomic E-state index is 5.97. The first-order chi connectivity index (χ1) is 9.76. The van der Waals surface area contributed by atoms with Gasteiger partial charge in [-0.25, -0.2) is 0 Å². The van der Waals surface area contributed by atoms with Gasteiger partial charge >= 0.3 is 0 Å². The molecule has 2 rings (SSSR count). The Morgan fingerprint density at radius 2 is 1.90 bits per heavy atom. The number of ether oxygens (including phenoxy) is 1. The van der Waals surface area contributed by atoms with E-state index in [9.17, 15) is 0 Å². The summed E-state index contributed by atoms with van der Waals surface area (Å²) in [6.07, 6.45) is 0. The molecule has 0 aliphatic carbocycles. The van der Waals surface area contributed by atoms with Gasteiger partial charge in [0.1, 0.15) is 0 Å². The summed E-state index contributed by atoms with van der Waals surface area (Å²) in [6, 6.07) is 15.2. The van der Waals surface area contributed by atoms with Gasteiger partial charge < -0.3 is 10.5 Å². The van der Waals surface area contributed by atoms with Crippen molar-refractivity contribution in [2.24, 2.45) is 5.73 Å². The van der Waals surface area contributed by atoms with Gasteiger partial charge in [-0.05, 0) is 36.4 Å². The molecule has 0 saturated heterocycles. The van der Waals surface area contributed by atoms with Crippen LogP contribution in [0, 0.1) is 0 Å². The highest BCUT2D eigenvalue weighted by atomic mass is 16.5. The molecule has 2 aromatic rings. The number of likely N-dealkylation sites (N-methyl/N-ethyl adjacent to an activating group) is 1. The van der Waals surface area contributed by atoms with Crippen LogP contribution in [0.25, 0.3) is 10.8 Å². The topological polar surface area (TPSA) is 38.5 Å². The van der Waals surface area contributed by atoms with Crippen LogP contribution in [0.15, 0.2) is 42.5 Å². The van der Waals surface area contributed by atoms with Crippen LogP contribution in [0.1, 0.15) is 18.5 Å². The van der Waals surface area contributed by atoms with Crippen molar-refractivity contribution in [1.29, 1.82) is 0 Å². The van der Waals surface area contributed by atoms with Crippen molar-refractivity contribution in [3.05, 3.63) is 48.0 Å². The predicted octanol–water partition coefficient (Wildman–Crippen LogP) is 2.81. The molecule has 0 heterocycles. The Labute approximate surface area is 121 Å². The van der Waals surface area contributed by atoms with Gasteiger partial charge in [0.2, 0.25) is 0 Å². The lowest BCUT2D eigenvalue weighted by Crippen LogP contribution is -2.33. The number of hydrogen-bond acceptors (Lipinski definition) is 3. The molecule has 2 aromatic carbocycles. The zero-order chi connectivity index (χ0) is 14.4. The fraction of sp³-hybridized carbons (Fsp3) is 0.412. The SMILES string of the molecule is CCOCCN(C)C(CN)c1ccc2ccccc2c1. The van der Waals surface area contributed by atoms with Crippen LogP contribution in [0.5, 0.6) is 0 Å². The number of hydrogen-bond donors (Lipinski definition) is 1. The first kappa shape index (κ1) is 15.0. The Bertz CT molecular complexity index is 541. The van der Waals surface area contributed by atoms with E-state index < -0.39 is 0 Å². The third-order valence-corrected chi connectivity index (χ3v) is 3.71. The summed E-state index contributed by atoms with van der Waals surface area (Å²) < 4.78 is 5.42. The number of benzene rings is 2. The maximum Gasteiger partial charge on any atom is 0.0593 e. The molecule has 0 saturated carbocycles. The second-order valence-corrected chi connectivity index (χ2v) is 5.04. The van der Waals surface area contributed by atoms with Gasteiger partial charge in [-0.15, -0.1) is 0 Å². The van der Waals surface area contributed by atoms with Crippen molar-refractivity contribution in [1.82, 2.24) is 4.90 Å². The van der Waals surface area contributed by atoms with Gasteiger partial charge in [-0.2, -0.15) is 0 Å². The lowest BCUT2D eigenvalue weighted by atomic mass is 10.0. The second-order valence-electron chi connectivity index (χ2n) is 5.04. The highest BCUT2D eigenvalue weighted by Gasteiger charge is 2.15. The van der Waals surface area contributed by atoms with Crippen LogP contribution in [0.3, 0.4) is 0 Å². The molecule has 0 aromatic heterocycles. The minimum atomic E-state index is 0.236. The monoisotopic (exact) mass is 272 g/mol. The van der Waals surface area contributed by atoms with Crippen LogP contribution in [-0.4, -0.2) is 38.3 Å². The molecule has 0 bridgehead atoms. The maximum atomic E-state index is 5.97. The van der Waals surface area contributed by atoms with Crippen molar-refractivity contribution in [2.75, 3.05) is 33.4 Å².